The van der Waals surface area contributed by atoms with Gasteiger partial charge >= 0.3 is 0 Å². The molecule has 2 unspecified atom stereocenters. The van der Waals surface area contributed by atoms with Crippen molar-refractivity contribution < 1.29 is 9.53 Å². The number of nitrogens with zero attached hydrogens (tertiary/aromatic N) is 1. The van der Waals surface area contributed by atoms with E-state index in [-0.39, 0.29) is 18.3 Å². The van der Waals surface area contributed by atoms with Crippen LogP contribution in [0.15, 0.2) is 54.6 Å². The number of amides is 1. The van der Waals surface area contributed by atoms with E-state index in [0.717, 1.165) is 42.9 Å². The number of hydrogen-bond acceptors (Lipinski definition) is 3. The summed E-state index contributed by atoms with van der Waals surface area (Å²) in [5, 5.41) is 3.54. The molecule has 5 heteroatoms. The smallest absolute Gasteiger partial charge is 0.253 e. The predicted molar refractivity (Wildman–Crippen MR) is 105 cm³/mol. The van der Waals surface area contributed by atoms with Gasteiger partial charge in [0, 0.05) is 24.7 Å². The van der Waals surface area contributed by atoms with E-state index in [1.807, 2.05) is 59.5 Å². The van der Waals surface area contributed by atoms with Crippen LogP contribution < -0.4 is 10.1 Å². The number of carbonyl (C=O) groups excluding carboxylic acids is 1. The van der Waals surface area contributed by atoms with Gasteiger partial charge in [0.1, 0.15) is 12.4 Å². The van der Waals surface area contributed by atoms with Crippen LogP contribution >= 0.6 is 12.4 Å². The Morgan fingerprint density at radius 2 is 1.96 bits per heavy atom. The average molecular weight is 373 g/mol. The van der Waals surface area contributed by atoms with Gasteiger partial charge in [-0.1, -0.05) is 36.4 Å². The van der Waals surface area contributed by atoms with Crippen molar-refractivity contribution in [2.75, 3.05) is 19.6 Å². The number of benzene rings is 2. The quantitative estimate of drug-likeness (QED) is 0.892. The van der Waals surface area contributed by atoms with Gasteiger partial charge in [0.2, 0.25) is 0 Å². The monoisotopic (exact) mass is 372 g/mol. The molecule has 138 valence electrons. The van der Waals surface area contributed by atoms with Crippen LogP contribution in [0.2, 0.25) is 0 Å². The molecule has 0 spiro atoms. The molecule has 2 aromatic rings. The van der Waals surface area contributed by atoms with E-state index < -0.39 is 0 Å². The zero-order valence-electron chi connectivity index (χ0n) is 14.8. The van der Waals surface area contributed by atoms with Crippen LogP contribution in [-0.2, 0) is 6.61 Å². The zero-order valence-corrected chi connectivity index (χ0v) is 15.6. The average Bonchev–Trinajstić information content (AvgIpc) is 3.14. The molecule has 0 aromatic heterocycles. The molecule has 4 nitrogen and oxygen atoms in total. The first-order valence-corrected chi connectivity index (χ1v) is 9.09. The van der Waals surface area contributed by atoms with Gasteiger partial charge in [0.15, 0.2) is 0 Å². The number of ether oxygens (including phenoxy) is 1. The summed E-state index contributed by atoms with van der Waals surface area (Å²) >= 11 is 0. The van der Waals surface area contributed by atoms with E-state index in [0.29, 0.717) is 18.6 Å². The molecule has 2 saturated heterocycles. The largest absolute Gasteiger partial charge is 0.489 e. The summed E-state index contributed by atoms with van der Waals surface area (Å²) < 4.78 is 5.86. The first-order chi connectivity index (χ1) is 12.3. The zero-order chi connectivity index (χ0) is 17.1. The minimum absolute atomic E-state index is 0. The number of likely N-dealkylation sites (tertiary alicyclic amines) is 1. The van der Waals surface area contributed by atoms with Gasteiger partial charge in [-0.3, -0.25) is 4.79 Å². The summed E-state index contributed by atoms with van der Waals surface area (Å²) in [4.78, 5) is 14.9. The highest BCUT2D eigenvalue weighted by molar-refractivity contribution is 5.94. The third-order valence-electron chi connectivity index (χ3n) is 5.27. The van der Waals surface area contributed by atoms with Crippen molar-refractivity contribution in [3.63, 3.8) is 0 Å². The van der Waals surface area contributed by atoms with Crippen LogP contribution in [-0.4, -0.2) is 36.5 Å². The number of halogens is 1. The van der Waals surface area contributed by atoms with E-state index in [2.05, 4.69) is 5.32 Å². The summed E-state index contributed by atoms with van der Waals surface area (Å²) in [6, 6.07) is 18.2. The Kier molecular flexibility index (Phi) is 6.17. The second kappa shape index (κ2) is 8.56. The molecule has 1 N–H and O–H groups in total. The Morgan fingerprint density at radius 3 is 2.81 bits per heavy atom. The molecular formula is C21H25ClN2O2. The third kappa shape index (κ3) is 4.19. The maximum absolute atomic E-state index is 12.9. The summed E-state index contributed by atoms with van der Waals surface area (Å²) in [6.07, 6.45) is 2.23. The number of fused-ring (bicyclic) bond motifs is 1. The normalized spacial score (nSPS) is 21.6. The number of hydrogen-bond donors (Lipinski definition) is 1. The van der Waals surface area contributed by atoms with Gasteiger partial charge in [-0.25, -0.2) is 0 Å². The van der Waals surface area contributed by atoms with Crippen LogP contribution in [0.5, 0.6) is 5.75 Å². The molecule has 0 saturated carbocycles. The molecule has 2 heterocycles. The summed E-state index contributed by atoms with van der Waals surface area (Å²) in [7, 11) is 0. The number of piperidine rings is 1. The standard InChI is InChI=1S/C21H24N2O2.ClH/c24-21(23-12-10-20-18(14-23)9-11-22-20)17-7-4-8-19(13-17)25-15-16-5-2-1-3-6-16;/h1-8,13,18,20,22H,9-12,14-15H2;1H. The van der Waals surface area contributed by atoms with Gasteiger partial charge in [0.05, 0.1) is 0 Å². The maximum Gasteiger partial charge on any atom is 0.253 e. The molecule has 2 atom stereocenters. The van der Waals surface area contributed by atoms with E-state index in [9.17, 15) is 4.79 Å². The molecule has 0 radical (unpaired) electrons. The van der Waals surface area contributed by atoms with Gasteiger partial charge in [0.25, 0.3) is 5.91 Å². The van der Waals surface area contributed by atoms with Gasteiger partial charge in [-0.15, -0.1) is 12.4 Å². The summed E-state index contributed by atoms with van der Waals surface area (Å²) in [6.45, 7) is 3.30. The lowest BCUT2D eigenvalue weighted by Crippen LogP contribution is -2.46. The second-order valence-corrected chi connectivity index (χ2v) is 6.95. The van der Waals surface area contributed by atoms with Crippen molar-refractivity contribution in [2.45, 2.75) is 25.5 Å². The highest BCUT2D eigenvalue weighted by Gasteiger charge is 2.34. The van der Waals surface area contributed by atoms with Gasteiger partial charge in [-0.05, 0) is 49.1 Å². The minimum atomic E-state index is 0. The highest BCUT2D eigenvalue weighted by atomic mass is 35.5. The van der Waals surface area contributed by atoms with Crippen LogP contribution in [0.25, 0.3) is 0 Å². The predicted octanol–water partition coefficient (Wildman–Crippen LogP) is 3.51. The minimum Gasteiger partial charge on any atom is -0.489 e. The Balaban J connectivity index is 0.00000196. The molecule has 2 aliphatic rings. The Hall–Kier alpha value is -2.04. The third-order valence-corrected chi connectivity index (χ3v) is 5.27. The van der Waals surface area contributed by atoms with E-state index in [1.54, 1.807) is 0 Å². The molecule has 26 heavy (non-hydrogen) atoms. The number of rotatable bonds is 4. The van der Waals surface area contributed by atoms with Crippen molar-refractivity contribution in [1.29, 1.82) is 0 Å². The van der Waals surface area contributed by atoms with E-state index in [4.69, 9.17) is 4.74 Å². The molecule has 2 aromatic carbocycles. The summed E-state index contributed by atoms with van der Waals surface area (Å²) in [5.74, 6) is 1.47. The first-order valence-electron chi connectivity index (χ1n) is 9.09. The van der Waals surface area contributed by atoms with Gasteiger partial charge in [-0.2, -0.15) is 0 Å². The maximum atomic E-state index is 12.9. The van der Waals surface area contributed by atoms with Crippen molar-refractivity contribution in [2.24, 2.45) is 5.92 Å². The fourth-order valence-corrected chi connectivity index (χ4v) is 3.87. The molecule has 2 fully saturated rings. The number of carbonyl (C=O) groups is 1. The lowest BCUT2D eigenvalue weighted by molar-refractivity contribution is 0.0661. The van der Waals surface area contributed by atoms with E-state index in [1.165, 1.54) is 6.42 Å². The lowest BCUT2D eigenvalue weighted by Gasteiger charge is -2.35. The fraction of sp³-hybridized carbons (Fsp3) is 0.381. The molecule has 1 amide bonds. The molecule has 2 aliphatic heterocycles. The van der Waals surface area contributed by atoms with Gasteiger partial charge < -0.3 is 15.0 Å². The molecule has 4 rings (SSSR count). The highest BCUT2D eigenvalue weighted by Crippen LogP contribution is 2.26. The lowest BCUT2D eigenvalue weighted by atomic mass is 9.93. The topological polar surface area (TPSA) is 41.6 Å². The van der Waals surface area contributed by atoms with Crippen molar-refractivity contribution in [1.82, 2.24) is 10.2 Å². The number of nitrogens with one attached hydrogen (secondary N) is 1. The second-order valence-electron chi connectivity index (χ2n) is 6.95. The van der Waals surface area contributed by atoms with Crippen molar-refractivity contribution in [3.8, 4) is 5.75 Å². The summed E-state index contributed by atoms with van der Waals surface area (Å²) in [5.41, 5.74) is 1.84. The van der Waals surface area contributed by atoms with Crippen LogP contribution in [0, 0.1) is 5.92 Å². The first kappa shape index (κ1) is 18.7. The Bertz CT molecular complexity index is 738. The Morgan fingerprint density at radius 1 is 1.12 bits per heavy atom. The van der Waals surface area contributed by atoms with Crippen molar-refractivity contribution >= 4 is 18.3 Å². The Labute approximate surface area is 160 Å². The van der Waals surface area contributed by atoms with Crippen molar-refractivity contribution in [3.05, 3.63) is 65.7 Å². The van der Waals surface area contributed by atoms with Crippen LogP contribution in [0.3, 0.4) is 0 Å². The van der Waals surface area contributed by atoms with E-state index >= 15 is 0 Å². The molecule has 0 aliphatic carbocycles. The van der Waals surface area contributed by atoms with Crippen LogP contribution in [0.1, 0.15) is 28.8 Å². The SMILES string of the molecule is Cl.O=C(c1cccc(OCc2ccccc2)c1)N1CCC2NCCC2C1. The van der Waals surface area contributed by atoms with Crippen LogP contribution in [0.4, 0.5) is 0 Å². The molecule has 0 bridgehead atoms. The molecular weight excluding hydrogens is 348 g/mol. The fourth-order valence-electron chi connectivity index (χ4n) is 3.87.